The molecule has 2 nitrogen and oxygen atoms in total. The van der Waals surface area contributed by atoms with Crippen LogP contribution in [0.5, 0.6) is 0 Å². The quantitative estimate of drug-likeness (QED) is 0.695. The van der Waals surface area contributed by atoms with Crippen molar-refractivity contribution in [2.45, 2.75) is 44.8 Å². The minimum atomic E-state index is -0.561. The number of aliphatic hydroxyl groups is 1. The highest BCUT2D eigenvalue weighted by Gasteiger charge is 2.38. The number of rotatable bonds is 3. The van der Waals surface area contributed by atoms with Gasteiger partial charge in [0.15, 0.2) is 0 Å². The minimum Gasteiger partial charge on any atom is -0.389 e. The van der Waals surface area contributed by atoms with Gasteiger partial charge in [-0.2, -0.15) is 0 Å². The summed E-state index contributed by atoms with van der Waals surface area (Å²) >= 11 is 0. The molecule has 0 bridgehead atoms. The summed E-state index contributed by atoms with van der Waals surface area (Å²) in [6.07, 6.45) is 3.91. The molecule has 0 saturated heterocycles. The molecule has 0 aromatic carbocycles. The van der Waals surface area contributed by atoms with Gasteiger partial charge in [-0.3, -0.25) is 0 Å². The first-order valence-corrected chi connectivity index (χ1v) is 4.81. The van der Waals surface area contributed by atoms with Crippen molar-refractivity contribution < 1.29 is 5.11 Å². The van der Waals surface area contributed by atoms with Crippen LogP contribution in [0.2, 0.25) is 0 Å². The lowest BCUT2D eigenvalue weighted by molar-refractivity contribution is -0.0456. The van der Waals surface area contributed by atoms with Crippen LogP contribution in [0, 0.1) is 5.92 Å². The van der Waals surface area contributed by atoms with E-state index >= 15 is 0 Å². The molecule has 0 aromatic rings. The zero-order chi connectivity index (χ0) is 9.35. The maximum absolute atomic E-state index is 9.94. The van der Waals surface area contributed by atoms with Gasteiger partial charge in [-0.25, -0.2) is 0 Å². The summed E-state index contributed by atoms with van der Waals surface area (Å²) in [5, 5.41) is 9.94. The van der Waals surface area contributed by atoms with Crippen LogP contribution in [0.1, 0.15) is 33.1 Å². The molecular formula is C10H21NO. The van der Waals surface area contributed by atoms with Crippen molar-refractivity contribution in [3.63, 3.8) is 0 Å². The van der Waals surface area contributed by atoms with E-state index in [1.54, 1.807) is 0 Å². The van der Waals surface area contributed by atoms with Gasteiger partial charge in [0.05, 0.1) is 5.60 Å². The van der Waals surface area contributed by atoms with Gasteiger partial charge in [0, 0.05) is 6.04 Å². The third kappa shape index (κ3) is 1.99. The van der Waals surface area contributed by atoms with Crippen molar-refractivity contribution in [1.82, 2.24) is 4.90 Å². The van der Waals surface area contributed by atoms with E-state index in [0.29, 0.717) is 12.0 Å². The third-order valence-electron chi connectivity index (χ3n) is 2.88. The van der Waals surface area contributed by atoms with E-state index in [1.807, 2.05) is 13.8 Å². The van der Waals surface area contributed by atoms with E-state index < -0.39 is 5.60 Å². The van der Waals surface area contributed by atoms with Crippen LogP contribution in [0.15, 0.2) is 0 Å². The molecule has 1 atom stereocenters. The first-order valence-electron chi connectivity index (χ1n) is 4.81. The van der Waals surface area contributed by atoms with E-state index in [9.17, 15) is 5.11 Å². The van der Waals surface area contributed by atoms with Gasteiger partial charge < -0.3 is 10.0 Å². The highest BCUT2D eigenvalue weighted by atomic mass is 16.3. The normalized spacial score (nSPS) is 22.5. The summed E-state index contributed by atoms with van der Waals surface area (Å²) in [5.41, 5.74) is -0.561. The molecule has 2 heteroatoms. The van der Waals surface area contributed by atoms with Crippen molar-refractivity contribution in [1.29, 1.82) is 0 Å². The van der Waals surface area contributed by atoms with E-state index in [2.05, 4.69) is 19.0 Å². The second kappa shape index (κ2) is 3.35. The Labute approximate surface area is 75.6 Å². The molecular weight excluding hydrogens is 150 g/mol. The highest BCUT2D eigenvalue weighted by molar-refractivity contribution is 4.92. The van der Waals surface area contributed by atoms with Gasteiger partial charge in [0.2, 0.25) is 0 Å². The molecule has 0 radical (unpaired) electrons. The molecule has 1 aliphatic rings. The lowest BCUT2D eigenvalue weighted by Crippen LogP contribution is -2.52. The van der Waals surface area contributed by atoms with Crippen molar-refractivity contribution in [2.75, 3.05) is 14.1 Å². The molecule has 1 N–H and O–H groups in total. The third-order valence-corrected chi connectivity index (χ3v) is 2.88. The fraction of sp³-hybridized carbons (Fsp3) is 1.00. The lowest BCUT2D eigenvalue weighted by atomic mass is 9.73. The maximum atomic E-state index is 9.94. The van der Waals surface area contributed by atoms with Gasteiger partial charge in [0.1, 0.15) is 0 Å². The Hall–Kier alpha value is -0.0800. The standard InChI is InChI=1S/C10H21NO/c1-10(2,12)9(11(3)4)8-6-5-7-8/h8-9,12H,5-7H2,1-4H3. The van der Waals surface area contributed by atoms with Gasteiger partial charge >= 0.3 is 0 Å². The molecule has 1 unspecified atom stereocenters. The highest BCUT2D eigenvalue weighted by Crippen LogP contribution is 2.36. The van der Waals surface area contributed by atoms with Crippen LogP contribution in [0.3, 0.4) is 0 Å². The number of hydrogen-bond acceptors (Lipinski definition) is 2. The first kappa shape index (κ1) is 10.0. The summed E-state index contributed by atoms with van der Waals surface area (Å²) in [7, 11) is 4.11. The molecule has 1 rings (SSSR count). The van der Waals surface area contributed by atoms with E-state index in [-0.39, 0.29) is 0 Å². The van der Waals surface area contributed by atoms with Crippen LogP contribution in [0.4, 0.5) is 0 Å². The average Bonchev–Trinajstić information content (AvgIpc) is 1.73. The smallest absolute Gasteiger partial charge is 0.0748 e. The Morgan fingerprint density at radius 1 is 1.33 bits per heavy atom. The summed E-state index contributed by atoms with van der Waals surface area (Å²) in [6, 6.07) is 0.325. The van der Waals surface area contributed by atoms with Crippen LogP contribution in [-0.2, 0) is 0 Å². The Balaban J connectivity index is 2.60. The fourth-order valence-electron chi connectivity index (χ4n) is 2.39. The zero-order valence-corrected chi connectivity index (χ0v) is 8.67. The van der Waals surface area contributed by atoms with E-state index in [0.717, 1.165) is 0 Å². The van der Waals surface area contributed by atoms with E-state index in [4.69, 9.17) is 0 Å². The Morgan fingerprint density at radius 2 is 1.83 bits per heavy atom. The Bertz CT molecular complexity index is 144. The predicted molar refractivity (Wildman–Crippen MR) is 51.1 cm³/mol. The predicted octanol–water partition coefficient (Wildman–Crippen LogP) is 1.49. The van der Waals surface area contributed by atoms with Crippen LogP contribution >= 0.6 is 0 Å². The summed E-state index contributed by atoms with van der Waals surface area (Å²) in [5.74, 6) is 0.708. The molecule has 0 aliphatic heterocycles. The molecule has 1 aliphatic carbocycles. The molecule has 12 heavy (non-hydrogen) atoms. The Kier molecular flexibility index (Phi) is 2.79. The molecule has 1 fully saturated rings. The second-order valence-electron chi connectivity index (χ2n) is 4.75. The molecule has 72 valence electrons. The maximum Gasteiger partial charge on any atom is 0.0748 e. The second-order valence-corrected chi connectivity index (χ2v) is 4.75. The van der Waals surface area contributed by atoms with E-state index in [1.165, 1.54) is 19.3 Å². The van der Waals surface area contributed by atoms with Crippen molar-refractivity contribution in [2.24, 2.45) is 5.92 Å². The largest absolute Gasteiger partial charge is 0.389 e. The molecule has 1 saturated carbocycles. The molecule has 0 spiro atoms. The van der Waals surface area contributed by atoms with Crippen molar-refractivity contribution in [3.05, 3.63) is 0 Å². The molecule has 0 amide bonds. The first-order chi connectivity index (χ1) is 5.43. The number of likely N-dealkylation sites (N-methyl/N-ethyl adjacent to an activating group) is 1. The van der Waals surface area contributed by atoms with Gasteiger partial charge in [0.25, 0.3) is 0 Å². The topological polar surface area (TPSA) is 23.5 Å². The number of nitrogens with zero attached hydrogens (tertiary/aromatic N) is 1. The molecule has 0 aromatic heterocycles. The van der Waals surface area contributed by atoms with Gasteiger partial charge in [-0.05, 0) is 46.7 Å². The Morgan fingerprint density at radius 3 is 1.92 bits per heavy atom. The monoisotopic (exact) mass is 171 g/mol. The minimum absolute atomic E-state index is 0.325. The van der Waals surface area contributed by atoms with Crippen molar-refractivity contribution >= 4 is 0 Å². The lowest BCUT2D eigenvalue weighted by Gasteiger charge is -2.44. The average molecular weight is 171 g/mol. The number of hydrogen-bond donors (Lipinski definition) is 1. The van der Waals surface area contributed by atoms with Gasteiger partial charge in [-0.15, -0.1) is 0 Å². The van der Waals surface area contributed by atoms with Crippen LogP contribution in [0.25, 0.3) is 0 Å². The SMILES string of the molecule is CN(C)C(C1CCC1)C(C)(C)O. The molecule has 0 heterocycles. The summed E-state index contributed by atoms with van der Waals surface area (Å²) in [6.45, 7) is 3.83. The zero-order valence-electron chi connectivity index (χ0n) is 8.67. The summed E-state index contributed by atoms with van der Waals surface area (Å²) < 4.78 is 0. The fourth-order valence-corrected chi connectivity index (χ4v) is 2.39. The summed E-state index contributed by atoms with van der Waals surface area (Å²) in [4.78, 5) is 2.16. The van der Waals surface area contributed by atoms with Crippen LogP contribution < -0.4 is 0 Å². The van der Waals surface area contributed by atoms with Crippen molar-refractivity contribution in [3.8, 4) is 0 Å². The van der Waals surface area contributed by atoms with Crippen LogP contribution in [-0.4, -0.2) is 35.7 Å². The van der Waals surface area contributed by atoms with Gasteiger partial charge in [-0.1, -0.05) is 6.42 Å².